The maximum atomic E-state index is 11.0. The Morgan fingerprint density at radius 1 is 1.44 bits per heavy atom. The summed E-state index contributed by atoms with van der Waals surface area (Å²) in [7, 11) is 2.10. The van der Waals surface area contributed by atoms with E-state index in [2.05, 4.69) is 21.9 Å². The summed E-state index contributed by atoms with van der Waals surface area (Å²) in [6.45, 7) is 2.03. The molecule has 98 valence electrons. The van der Waals surface area contributed by atoms with E-state index in [9.17, 15) is 4.79 Å². The Kier molecular flexibility index (Phi) is 4.19. The van der Waals surface area contributed by atoms with Crippen LogP contribution in [0.25, 0.3) is 0 Å². The molecular formula is C12H17N3O2S. The minimum Gasteiger partial charge on any atom is -0.477 e. The average Bonchev–Trinajstić information content (AvgIpc) is 2.39. The first-order chi connectivity index (χ1) is 8.60. The number of rotatable bonds is 3. The van der Waals surface area contributed by atoms with Gasteiger partial charge in [0.15, 0.2) is 5.69 Å². The van der Waals surface area contributed by atoms with Crippen LogP contribution in [0.1, 0.15) is 35.1 Å². The third-order valence-electron chi connectivity index (χ3n) is 3.23. The van der Waals surface area contributed by atoms with Gasteiger partial charge in [0.25, 0.3) is 0 Å². The third-order valence-corrected chi connectivity index (χ3v) is 3.86. The molecule has 1 aromatic heterocycles. The topological polar surface area (TPSA) is 66.3 Å². The van der Waals surface area contributed by atoms with Crippen molar-refractivity contribution in [2.24, 2.45) is 0 Å². The number of hydrogen-bond donors (Lipinski definition) is 1. The van der Waals surface area contributed by atoms with Crippen molar-refractivity contribution in [3.63, 3.8) is 0 Å². The number of thioether (sulfide) groups is 1. The molecule has 0 spiro atoms. The lowest BCUT2D eigenvalue weighted by atomic mass is 9.96. The number of piperidine rings is 1. The molecule has 0 aliphatic carbocycles. The summed E-state index contributed by atoms with van der Waals surface area (Å²) < 4.78 is 0. The Hall–Kier alpha value is -1.14. The molecule has 1 saturated heterocycles. The Labute approximate surface area is 111 Å². The van der Waals surface area contributed by atoms with Crippen LogP contribution in [0.2, 0.25) is 0 Å². The Bertz CT molecular complexity index is 445. The first-order valence-corrected chi connectivity index (χ1v) is 7.17. The summed E-state index contributed by atoms with van der Waals surface area (Å²) in [5, 5.41) is 9.79. The molecule has 0 saturated carbocycles. The van der Waals surface area contributed by atoms with Crippen LogP contribution < -0.4 is 0 Å². The highest BCUT2D eigenvalue weighted by molar-refractivity contribution is 7.98. The number of carboxylic acids is 1. The van der Waals surface area contributed by atoms with Gasteiger partial charge < -0.3 is 10.0 Å². The molecule has 1 N–H and O–H groups in total. The summed E-state index contributed by atoms with van der Waals surface area (Å²) >= 11 is 1.45. The van der Waals surface area contributed by atoms with Crippen molar-refractivity contribution in [3.05, 3.63) is 17.6 Å². The summed E-state index contributed by atoms with van der Waals surface area (Å²) in [6, 6.07) is 1.53. The summed E-state index contributed by atoms with van der Waals surface area (Å²) in [5.41, 5.74) is 0.100. The highest BCUT2D eigenvalue weighted by atomic mass is 32.2. The van der Waals surface area contributed by atoms with Crippen LogP contribution in [0.4, 0.5) is 0 Å². The molecule has 18 heavy (non-hydrogen) atoms. The van der Waals surface area contributed by atoms with Gasteiger partial charge in [-0.25, -0.2) is 14.8 Å². The minimum atomic E-state index is -0.984. The van der Waals surface area contributed by atoms with Gasteiger partial charge in [0.1, 0.15) is 10.9 Å². The molecule has 1 aliphatic heterocycles. The van der Waals surface area contributed by atoms with Gasteiger partial charge in [0.2, 0.25) is 0 Å². The standard InChI is InChI=1S/C12H17N3O2S/c1-15-5-3-8(4-6-15)11-13-9(12(16)17)7-10(14-11)18-2/h7-8H,3-6H2,1-2H3,(H,16,17). The first kappa shape index (κ1) is 13.3. The predicted molar refractivity (Wildman–Crippen MR) is 70.2 cm³/mol. The smallest absolute Gasteiger partial charge is 0.354 e. The normalized spacial score (nSPS) is 17.9. The largest absolute Gasteiger partial charge is 0.477 e. The maximum Gasteiger partial charge on any atom is 0.354 e. The van der Waals surface area contributed by atoms with Crippen molar-refractivity contribution in [2.45, 2.75) is 23.8 Å². The quantitative estimate of drug-likeness (QED) is 0.664. The van der Waals surface area contributed by atoms with E-state index in [1.807, 2.05) is 6.26 Å². The molecule has 1 aliphatic rings. The van der Waals surface area contributed by atoms with Crippen LogP contribution in [0, 0.1) is 0 Å². The van der Waals surface area contributed by atoms with Gasteiger partial charge in [-0.3, -0.25) is 0 Å². The lowest BCUT2D eigenvalue weighted by Crippen LogP contribution is -2.30. The highest BCUT2D eigenvalue weighted by Crippen LogP contribution is 2.26. The van der Waals surface area contributed by atoms with Crippen LogP contribution in [-0.2, 0) is 0 Å². The van der Waals surface area contributed by atoms with Crippen LogP contribution in [0.15, 0.2) is 11.1 Å². The van der Waals surface area contributed by atoms with Crippen molar-refractivity contribution in [1.29, 1.82) is 0 Å². The zero-order valence-corrected chi connectivity index (χ0v) is 11.4. The molecule has 0 aromatic carbocycles. The summed E-state index contributed by atoms with van der Waals surface area (Å²) in [6.07, 6.45) is 3.88. The third kappa shape index (κ3) is 3.00. The second-order valence-electron chi connectivity index (χ2n) is 4.54. The SMILES string of the molecule is CSc1cc(C(=O)O)nc(C2CCN(C)CC2)n1. The molecule has 6 heteroatoms. The van der Waals surface area contributed by atoms with Crippen LogP contribution in [0.3, 0.4) is 0 Å². The Morgan fingerprint density at radius 3 is 2.67 bits per heavy atom. The van der Waals surface area contributed by atoms with Crippen molar-refractivity contribution in [3.8, 4) is 0 Å². The zero-order chi connectivity index (χ0) is 13.1. The first-order valence-electron chi connectivity index (χ1n) is 5.95. The Morgan fingerprint density at radius 2 is 2.11 bits per heavy atom. The number of nitrogens with zero attached hydrogens (tertiary/aromatic N) is 3. The molecule has 2 rings (SSSR count). The van der Waals surface area contributed by atoms with Crippen LogP contribution in [-0.4, -0.2) is 52.3 Å². The highest BCUT2D eigenvalue weighted by Gasteiger charge is 2.22. The van der Waals surface area contributed by atoms with Gasteiger partial charge in [-0.05, 0) is 39.2 Å². The molecule has 1 fully saturated rings. The summed E-state index contributed by atoms with van der Waals surface area (Å²) in [4.78, 5) is 22.0. The van der Waals surface area contributed by atoms with Gasteiger partial charge in [0, 0.05) is 12.0 Å². The molecular weight excluding hydrogens is 250 g/mol. The molecule has 0 amide bonds. The lowest BCUT2D eigenvalue weighted by Gasteiger charge is -2.28. The van der Waals surface area contributed by atoms with Crippen molar-refractivity contribution in [2.75, 3.05) is 26.4 Å². The number of aromatic nitrogens is 2. The average molecular weight is 267 g/mol. The molecule has 0 atom stereocenters. The van der Waals surface area contributed by atoms with E-state index in [0.717, 1.165) is 31.0 Å². The van der Waals surface area contributed by atoms with Gasteiger partial charge in [-0.2, -0.15) is 0 Å². The summed E-state index contributed by atoms with van der Waals surface area (Å²) in [5.74, 6) is -0.0133. The molecule has 1 aromatic rings. The molecule has 5 nitrogen and oxygen atoms in total. The number of likely N-dealkylation sites (tertiary alicyclic amines) is 1. The number of aromatic carboxylic acids is 1. The fourth-order valence-electron chi connectivity index (χ4n) is 2.11. The zero-order valence-electron chi connectivity index (χ0n) is 10.6. The molecule has 0 radical (unpaired) electrons. The monoisotopic (exact) mass is 267 g/mol. The van der Waals surface area contributed by atoms with E-state index in [1.165, 1.54) is 17.8 Å². The van der Waals surface area contributed by atoms with E-state index in [1.54, 1.807) is 0 Å². The second kappa shape index (κ2) is 5.67. The van der Waals surface area contributed by atoms with Crippen molar-refractivity contribution < 1.29 is 9.90 Å². The van der Waals surface area contributed by atoms with E-state index in [0.29, 0.717) is 5.82 Å². The Balaban J connectivity index is 2.26. The fraction of sp³-hybridized carbons (Fsp3) is 0.583. The predicted octanol–water partition coefficient (Wildman–Crippen LogP) is 1.71. The van der Waals surface area contributed by atoms with Crippen LogP contribution in [0.5, 0.6) is 0 Å². The van der Waals surface area contributed by atoms with E-state index in [-0.39, 0.29) is 11.6 Å². The minimum absolute atomic E-state index is 0.100. The molecule has 2 heterocycles. The maximum absolute atomic E-state index is 11.0. The fourth-order valence-corrected chi connectivity index (χ4v) is 2.52. The number of carboxylic acid groups (broad SMARTS) is 1. The van der Waals surface area contributed by atoms with Gasteiger partial charge in [-0.1, -0.05) is 0 Å². The van der Waals surface area contributed by atoms with E-state index in [4.69, 9.17) is 5.11 Å². The van der Waals surface area contributed by atoms with Crippen LogP contribution >= 0.6 is 11.8 Å². The van der Waals surface area contributed by atoms with E-state index < -0.39 is 5.97 Å². The van der Waals surface area contributed by atoms with Crippen molar-refractivity contribution in [1.82, 2.24) is 14.9 Å². The number of carbonyl (C=O) groups is 1. The lowest BCUT2D eigenvalue weighted by molar-refractivity contribution is 0.0689. The second-order valence-corrected chi connectivity index (χ2v) is 5.36. The molecule has 0 unspecified atom stereocenters. The molecule has 0 bridgehead atoms. The van der Waals surface area contributed by atoms with Gasteiger partial charge in [0.05, 0.1) is 0 Å². The van der Waals surface area contributed by atoms with Gasteiger partial charge in [-0.15, -0.1) is 11.8 Å². The van der Waals surface area contributed by atoms with Gasteiger partial charge >= 0.3 is 5.97 Å². The number of hydrogen-bond acceptors (Lipinski definition) is 5. The van der Waals surface area contributed by atoms with E-state index >= 15 is 0 Å². The van der Waals surface area contributed by atoms with Crippen molar-refractivity contribution >= 4 is 17.7 Å².